The van der Waals surface area contributed by atoms with Crippen LogP contribution >= 0.6 is 7.82 Å². The molecule has 0 saturated heterocycles. The van der Waals surface area contributed by atoms with E-state index in [2.05, 4.69) is 30.5 Å². The smallest absolute Gasteiger partial charge is 0.472 e. The fraction of sp³-hybridized carbons (Fsp3) is 0.875. The molecule has 0 spiro atoms. The number of carbonyl (C=O) groups excluding carboxylic acids is 2. The lowest BCUT2D eigenvalue weighted by molar-refractivity contribution is -0.161. The van der Waals surface area contributed by atoms with Crippen LogP contribution < -0.4 is 5.73 Å². The molecule has 0 fully saturated rings. The second-order valence-corrected chi connectivity index (χ2v) is 15.6. The van der Waals surface area contributed by atoms with Crippen molar-refractivity contribution in [3.8, 4) is 0 Å². The standard InChI is InChI=1S/C40H76NO10P/c1-3-5-7-9-11-13-15-17-19-21-23-25-27-29-31-38(42)48-33-36(34-49-52(46,47)50-35-37(41)40(44)45)51-39(43)32-30-28-26-24-22-20-18-16-14-12-10-8-6-4-2/h16,18,36-37H,3-15,17,19-35,41H2,1-2H3,(H,44,45)(H,46,47)/b18-16+/t36-,37+/m1/s1. The fourth-order valence-electron chi connectivity index (χ4n) is 5.71. The molecule has 0 aromatic heterocycles. The normalized spacial score (nSPS) is 13.9. The summed E-state index contributed by atoms with van der Waals surface area (Å²) in [7, 11) is -4.71. The maximum atomic E-state index is 12.6. The van der Waals surface area contributed by atoms with Gasteiger partial charge in [-0.25, -0.2) is 4.57 Å². The number of rotatable bonds is 39. The molecule has 0 radical (unpaired) electrons. The molecule has 0 aliphatic rings. The molecule has 0 heterocycles. The van der Waals surface area contributed by atoms with Crippen molar-refractivity contribution >= 4 is 25.7 Å². The zero-order valence-corrected chi connectivity index (χ0v) is 33.8. The lowest BCUT2D eigenvalue weighted by atomic mass is 10.0. The van der Waals surface area contributed by atoms with Gasteiger partial charge in [-0.1, -0.05) is 154 Å². The number of hydrogen-bond acceptors (Lipinski definition) is 9. The Morgan fingerprint density at radius 2 is 0.962 bits per heavy atom. The SMILES string of the molecule is CCCCCCC/C=C/CCCCCCCC(=O)O[C@H](COC(=O)CCCCCCCCCCCCCCCC)COP(=O)(O)OC[C@H](N)C(=O)O. The Kier molecular flexibility index (Phi) is 35.0. The predicted octanol–water partition coefficient (Wildman–Crippen LogP) is 10.5. The van der Waals surface area contributed by atoms with E-state index in [-0.39, 0.29) is 19.4 Å². The van der Waals surface area contributed by atoms with Crippen LogP contribution in [-0.2, 0) is 37.5 Å². The lowest BCUT2D eigenvalue weighted by Gasteiger charge is -2.20. The number of unbranched alkanes of at least 4 members (excludes halogenated alkanes) is 23. The molecule has 1 unspecified atom stereocenters. The Morgan fingerprint density at radius 1 is 0.577 bits per heavy atom. The van der Waals surface area contributed by atoms with E-state index in [1.807, 2.05) is 0 Å². The molecule has 12 heteroatoms. The quantitative estimate of drug-likeness (QED) is 0.0235. The fourth-order valence-corrected chi connectivity index (χ4v) is 6.48. The molecule has 0 aliphatic carbocycles. The highest BCUT2D eigenvalue weighted by Crippen LogP contribution is 2.43. The Balaban J connectivity index is 4.39. The number of phosphoric acid groups is 1. The Morgan fingerprint density at radius 3 is 1.40 bits per heavy atom. The van der Waals surface area contributed by atoms with Gasteiger partial charge >= 0.3 is 25.7 Å². The van der Waals surface area contributed by atoms with Crippen molar-refractivity contribution in [1.82, 2.24) is 0 Å². The first-order valence-corrected chi connectivity index (χ1v) is 22.2. The monoisotopic (exact) mass is 762 g/mol. The minimum absolute atomic E-state index is 0.155. The first-order chi connectivity index (χ1) is 25.1. The van der Waals surface area contributed by atoms with Crippen molar-refractivity contribution in [2.75, 3.05) is 19.8 Å². The van der Waals surface area contributed by atoms with E-state index in [0.717, 1.165) is 57.8 Å². The Bertz CT molecular complexity index is 947. The van der Waals surface area contributed by atoms with Gasteiger partial charge < -0.3 is 25.2 Å². The first kappa shape index (κ1) is 50.2. The number of carboxylic acids is 1. The summed E-state index contributed by atoms with van der Waals surface area (Å²) < 4.78 is 32.6. The zero-order valence-electron chi connectivity index (χ0n) is 32.9. The molecule has 0 bridgehead atoms. The molecule has 3 atom stereocenters. The van der Waals surface area contributed by atoms with Gasteiger partial charge in [0.15, 0.2) is 6.10 Å². The van der Waals surface area contributed by atoms with Crippen molar-refractivity contribution in [3.63, 3.8) is 0 Å². The van der Waals surface area contributed by atoms with Crippen molar-refractivity contribution < 1.29 is 47.5 Å². The van der Waals surface area contributed by atoms with Gasteiger partial charge in [0, 0.05) is 12.8 Å². The number of phosphoric ester groups is 1. The molecule has 0 amide bonds. The molecule has 0 rings (SSSR count). The summed E-state index contributed by atoms with van der Waals surface area (Å²) in [4.78, 5) is 45.8. The lowest BCUT2D eigenvalue weighted by Crippen LogP contribution is -2.34. The molecule has 0 saturated carbocycles. The summed E-state index contributed by atoms with van der Waals surface area (Å²) in [5.74, 6) is -2.38. The second kappa shape index (κ2) is 36.2. The van der Waals surface area contributed by atoms with Gasteiger partial charge in [0.2, 0.25) is 0 Å². The summed E-state index contributed by atoms with van der Waals surface area (Å²) in [5.41, 5.74) is 5.32. The number of allylic oxidation sites excluding steroid dienone is 2. The topological polar surface area (TPSA) is 172 Å². The van der Waals surface area contributed by atoms with Crippen molar-refractivity contribution in [2.24, 2.45) is 5.73 Å². The predicted molar refractivity (Wildman–Crippen MR) is 208 cm³/mol. The van der Waals surface area contributed by atoms with Crippen LogP contribution in [0.5, 0.6) is 0 Å². The minimum atomic E-state index is -4.71. The van der Waals surface area contributed by atoms with Gasteiger partial charge in [-0.15, -0.1) is 0 Å². The van der Waals surface area contributed by atoms with Crippen LogP contribution in [0.15, 0.2) is 12.2 Å². The van der Waals surface area contributed by atoms with Gasteiger partial charge in [0.1, 0.15) is 12.6 Å². The van der Waals surface area contributed by atoms with Gasteiger partial charge in [0.05, 0.1) is 13.2 Å². The number of carbonyl (C=O) groups is 3. The zero-order chi connectivity index (χ0) is 38.5. The number of carboxylic acid groups (broad SMARTS) is 1. The average molecular weight is 762 g/mol. The number of ether oxygens (including phenoxy) is 2. The molecule has 0 aliphatic heterocycles. The van der Waals surface area contributed by atoms with E-state index in [1.165, 1.54) is 96.3 Å². The molecule has 4 N–H and O–H groups in total. The van der Waals surface area contributed by atoms with Crippen LogP contribution in [0.2, 0.25) is 0 Å². The molecule has 0 aromatic rings. The molecular formula is C40H76NO10P. The van der Waals surface area contributed by atoms with Crippen LogP contribution in [0.1, 0.15) is 194 Å². The third kappa shape index (κ3) is 35.3. The first-order valence-electron chi connectivity index (χ1n) is 20.7. The molecule has 0 aromatic carbocycles. The Labute approximate surface area is 316 Å². The Hall–Kier alpha value is -1.78. The highest BCUT2D eigenvalue weighted by Gasteiger charge is 2.28. The van der Waals surface area contributed by atoms with Gasteiger partial charge in [-0.3, -0.25) is 23.4 Å². The van der Waals surface area contributed by atoms with Gasteiger partial charge in [0.25, 0.3) is 0 Å². The molecule has 52 heavy (non-hydrogen) atoms. The van der Waals surface area contributed by atoms with E-state index in [1.54, 1.807) is 0 Å². The minimum Gasteiger partial charge on any atom is -0.480 e. The van der Waals surface area contributed by atoms with Crippen LogP contribution in [0.3, 0.4) is 0 Å². The van der Waals surface area contributed by atoms with Gasteiger partial charge in [-0.05, 0) is 38.5 Å². The van der Waals surface area contributed by atoms with Crippen LogP contribution in [-0.4, -0.2) is 59.9 Å². The highest BCUT2D eigenvalue weighted by atomic mass is 31.2. The van der Waals surface area contributed by atoms with Crippen LogP contribution in [0.25, 0.3) is 0 Å². The van der Waals surface area contributed by atoms with Crippen LogP contribution in [0.4, 0.5) is 0 Å². The van der Waals surface area contributed by atoms with Crippen LogP contribution in [0, 0.1) is 0 Å². The summed E-state index contributed by atoms with van der Waals surface area (Å²) in [6, 6.07) is -1.52. The third-order valence-corrected chi connectivity index (χ3v) is 9.96. The van der Waals surface area contributed by atoms with Crippen molar-refractivity contribution in [2.45, 2.75) is 206 Å². The van der Waals surface area contributed by atoms with E-state index < -0.39 is 51.1 Å². The van der Waals surface area contributed by atoms with Crippen molar-refractivity contribution in [3.05, 3.63) is 12.2 Å². The molecule has 306 valence electrons. The average Bonchev–Trinajstić information content (AvgIpc) is 3.12. The van der Waals surface area contributed by atoms with E-state index in [0.29, 0.717) is 12.8 Å². The molecule has 11 nitrogen and oxygen atoms in total. The number of esters is 2. The largest absolute Gasteiger partial charge is 0.480 e. The third-order valence-electron chi connectivity index (χ3n) is 9.01. The number of nitrogens with two attached hydrogens (primary N) is 1. The number of aliphatic carboxylic acids is 1. The summed E-state index contributed by atoms with van der Waals surface area (Å²) in [6.07, 6.45) is 34.2. The van der Waals surface area contributed by atoms with E-state index in [4.69, 9.17) is 24.8 Å². The number of hydrogen-bond donors (Lipinski definition) is 3. The molecular weight excluding hydrogens is 685 g/mol. The summed E-state index contributed by atoms with van der Waals surface area (Å²) in [6.45, 7) is 2.79. The van der Waals surface area contributed by atoms with Gasteiger partial charge in [-0.2, -0.15) is 0 Å². The summed E-state index contributed by atoms with van der Waals surface area (Å²) >= 11 is 0. The maximum absolute atomic E-state index is 12.6. The second-order valence-electron chi connectivity index (χ2n) is 14.1. The van der Waals surface area contributed by atoms with E-state index in [9.17, 15) is 23.8 Å². The summed E-state index contributed by atoms with van der Waals surface area (Å²) in [5, 5.41) is 8.87. The maximum Gasteiger partial charge on any atom is 0.472 e. The van der Waals surface area contributed by atoms with Crippen molar-refractivity contribution in [1.29, 1.82) is 0 Å². The highest BCUT2D eigenvalue weighted by molar-refractivity contribution is 7.47. The van der Waals surface area contributed by atoms with E-state index >= 15 is 0 Å².